The van der Waals surface area contributed by atoms with E-state index in [-0.39, 0.29) is 16.9 Å². The molecule has 0 saturated carbocycles. The van der Waals surface area contributed by atoms with Gasteiger partial charge in [-0.15, -0.1) is 0 Å². The lowest BCUT2D eigenvalue weighted by Crippen LogP contribution is -2.03. The van der Waals surface area contributed by atoms with Gasteiger partial charge in [-0.3, -0.25) is 4.79 Å². The van der Waals surface area contributed by atoms with E-state index in [2.05, 4.69) is 5.32 Å². The summed E-state index contributed by atoms with van der Waals surface area (Å²) in [5.74, 6) is -1.91. The first-order chi connectivity index (χ1) is 9.47. The molecule has 5 heteroatoms. The lowest BCUT2D eigenvalue weighted by Gasteiger charge is -2.10. The second-order valence-corrected chi connectivity index (χ2v) is 4.26. The third-order valence-electron chi connectivity index (χ3n) is 2.74. The number of hydrogen-bond acceptors (Lipinski definition) is 3. The zero-order valence-corrected chi connectivity index (χ0v) is 10.7. The summed E-state index contributed by atoms with van der Waals surface area (Å²) >= 11 is 0. The second-order valence-electron chi connectivity index (χ2n) is 4.26. The van der Waals surface area contributed by atoms with E-state index in [4.69, 9.17) is 5.11 Å². The van der Waals surface area contributed by atoms with Crippen molar-refractivity contribution in [3.05, 3.63) is 59.4 Å². The summed E-state index contributed by atoms with van der Waals surface area (Å²) in [6.45, 7) is 1.34. The van der Waals surface area contributed by atoms with Gasteiger partial charge in [-0.2, -0.15) is 0 Å². The fraction of sp³-hybridized carbons (Fsp3) is 0.0667. The highest BCUT2D eigenvalue weighted by atomic mass is 19.1. The maximum Gasteiger partial charge on any atom is 0.337 e. The molecule has 0 amide bonds. The second kappa shape index (κ2) is 5.52. The van der Waals surface area contributed by atoms with E-state index in [0.29, 0.717) is 11.4 Å². The summed E-state index contributed by atoms with van der Waals surface area (Å²) in [6, 6.07) is 10.1. The van der Waals surface area contributed by atoms with Gasteiger partial charge in [-0.25, -0.2) is 9.18 Å². The van der Waals surface area contributed by atoms with Crippen molar-refractivity contribution in [1.29, 1.82) is 0 Å². The van der Waals surface area contributed by atoms with Crippen LogP contribution in [0.2, 0.25) is 0 Å². The Bertz CT molecular complexity index is 683. The van der Waals surface area contributed by atoms with Crippen LogP contribution in [0.15, 0.2) is 42.5 Å². The van der Waals surface area contributed by atoms with Crippen LogP contribution in [-0.4, -0.2) is 16.9 Å². The van der Waals surface area contributed by atoms with E-state index in [9.17, 15) is 14.0 Å². The highest BCUT2D eigenvalue weighted by molar-refractivity contribution is 5.97. The van der Waals surface area contributed by atoms with Crippen LogP contribution in [0.4, 0.5) is 15.8 Å². The molecule has 0 saturated heterocycles. The molecule has 0 fully saturated rings. The molecule has 0 spiro atoms. The first-order valence-electron chi connectivity index (χ1n) is 5.88. The molecule has 0 atom stereocenters. The Kier molecular flexibility index (Phi) is 3.79. The zero-order valence-electron chi connectivity index (χ0n) is 10.7. The van der Waals surface area contributed by atoms with E-state index < -0.39 is 11.8 Å². The van der Waals surface area contributed by atoms with Crippen molar-refractivity contribution in [2.75, 3.05) is 5.32 Å². The van der Waals surface area contributed by atoms with Crippen molar-refractivity contribution in [3.63, 3.8) is 0 Å². The fourth-order valence-electron chi connectivity index (χ4n) is 1.80. The number of benzene rings is 2. The number of aromatic carboxylic acids is 1. The maximum atomic E-state index is 13.4. The van der Waals surface area contributed by atoms with Gasteiger partial charge in [-0.05, 0) is 37.3 Å². The van der Waals surface area contributed by atoms with Crippen molar-refractivity contribution in [1.82, 2.24) is 0 Å². The summed E-state index contributed by atoms with van der Waals surface area (Å²) < 4.78 is 13.4. The third-order valence-corrected chi connectivity index (χ3v) is 2.74. The predicted octanol–water partition coefficient (Wildman–Crippen LogP) is 3.47. The molecule has 0 aliphatic rings. The van der Waals surface area contributed by atoms with E-state index in [1.165, 1.54) is 25.1 Å². The largest absolute Gasteiger partial charge is 0.478 e. The molecule has 0 unspecified atom stereocenters. The minimum atomic E-state index is -1.09. The Morgan fingerprint density at radius 1 is 1.15 bits per heavy atom. The molecule has 0 bridgehead atoms. The van der Waals surface area contributed by atoms with E-state index in [0.717, 1.165) is 6.07 Å². The minimum absolute atomic E-state index is 0.0705. The number of anilines is 2. The standard InChI is InChI=1S/C15H12FNO3/c1-9(18)10-6-11(16)8-12(7-10)17-14-5-3-2-4-13(14)15(19)20/h2-8,17H,1H3,(H,19,20). The summed E-state index contributed by atoms with van der Waals surface area (Å²) in [7, 11) is 0. The van der Waals surface area contributed by atoms with E-state index in [1.807, 2.05) is 0 Å². The molecule has 0 aliphatic heterocycles. The molecule has 2 rings (SSSR count). The maximum absolute atomic E-state index is 13.4. The van der Waals surface area contributed by atoms with E-state index in [1.54, 1.807) is 18.2 Å². The van der Waals surface area contributed by atoms with Crippen LogP contribution in [-0.2, 0) is 0 Å². The molecular weight excluding hydrogens is 261 g/mol. The molecule has 2 aromatic rings. The van der Waals surface area contributed by atoms with Gasteiger partial charge < -0.3 is 10.4 Å². The van der Waals surface area contributed by atoms with Crippen molar-refractivity contribution in [2.45, 2.75) is 6.92 Å². The predicted molar refractivity (Wildman–Crippen MR) is 73.1 cm³/mol. The van der Waals surface area contributed by atoms with Gasteiger partial charge in [0.05, 0.1) is 11.3 Å². The molecule has 0 heterocycles. The average molecular weight is 273 g/mol. The normalized spacial score (nSPS) is 10.1. The molecule has 20 heavy (non-hydrogen) atoms. The number of halogens is 1. The van der Waals surface area contributed by atoms with Crippen LogP contribution < -0.4 is 5.32 Å². The van der Waals surface area contributed by atoms with Crippen molar-refractivity contribution in [3.8, 4) is 0 Å². The van der Waals surface area contributed by atoms with Crippen LogP contribution in [0.3, 0.4) is 0 Å². The number of Topliss-reactive ketones (excluding diaryl/α,β-unsaturated/α-hetero) is 1. The van der Waals surface area contributed by atoms with Gasteiger partial charge in [-0.1, -0.05) is 12.1 Å². The van der Waals surface area contributed by atoms with E-state index >= 15 is 0 Å². The number of hydrogen-bond donors (Lipinski definition) is 2. The highest BCUT2D eigenvalue weighted by Crippen LogP contribution is 2.23. The molecule has 0 aliphatic carbocycles. The summed E-state index contributed by atoms with van der Waals surface area (Å²) in [4.78, 5) is 22.4. The summed E-state index contributed by atoms with van der Waals surface area (Å²) in [6.07, 6.45) is 0. The zero-order chi connectivity index (χ0) is 14.7. The Morgan fingerprint density at radius 2 is 1.85 bits per heavy atom. The number of ketones is 1. The SMILES string of the molecule is CC(=O)c1cc(F)cc(Nc2ccccc2C(=O)O)c1. The highest BCUT2D eigenvalue weighted by Gasteiger charge is 2.10. The summed E-state index contributed by atoms with van der Waals surface area (Å²) in [5, 5.41) is 11.9. The molecule has 102 valence electrons. The molecule has 2 N–H and O–H groups in total. The number of carboxylic acid groups (broad SMARTS) is 1. The van der Waals surface area contributed by atoms with Gasteiger partial charge in [0, 0.05) is 11.3 Å². The number of rotatable bonds is 4. The topological polar surface area (TPSA) is 66.4 Å². The van der Waals surface area contributed by atoms with Crippen LogP contribution >= 0.6 is 0 Å². The Balaban J connectivity index is 2.40. The molecular formula is C15H12FNO3. The van der Waals surface area contributed by atoms with Gasteiger partial charge in [0.2, 0.25) is 0 Å². The van der Waals surface area contributed by atoms with Crippen molar-refractivity contribution >= 4 is 23.1 Å². The third kappa shape index (κ3) is 3.00. The van der Waals surface area contributed by atoms with Crippen LogP contribution in [0.25, 0.3) is 0 Å². The van der Waals surface area contributed by atoms with Crippen molar-refractivity contribution in [2.24, 2.45) is 0 Å². The lowest BCUT2D eigenvalue weighted by atomic mass is 10.1. The van der Waals surface area contributed by atoms with Gasteiger partial charge in [0.1, 0.15) is 5.82 Å². The Morgan fingerprint density at radius 3 is 2.50 bits per heavy atom. The average Bonchev–Trinajstić information content (AvgIpc) is 2.38. The van der Waals surface area contributed by atoms with Crippen LogP contribution in [0.5, 0.6) is 0 Å². The van der Waals surface area contributed by atoms with Gasteiger partial charge in [0.15, 0.2) is 5.78 Å². The van der Waals surface area contributed by atoms with Gasteiger partial charge >= 0.3 is 5.97 Å². The van der Waals surface area contributed by atoms with Gasteiger partial charge in [0.25, 0.3) is 0 Å². The smallest absolute Gasteiger partial charge is 0.337 e. The lowest BCUT2D eigenvalue weighted by molar-refractivity contribution is 0.0697. The Hall–Kier alpha value is -2.69. The minimum Gasteiger partial charge on any atom is -0.478 e. The summed E-state index contributed by atoms with van der Waals surface area (Å²) in [5.41, 5.74) is 0.949. The monoisotopic (exact) mass is 273 g/mol. The van der Waals surface area contributed by atoms with Crippen LogP contribution in [0, 0.1) is 5.82 Å². The molecule has 2 aromatic carbocycles. The number of carbonyl (C=O) groups excluding carboxylic acids is 1. The first kappa shape index (κ1) is 13.7. The molecule has 4 nitrogen and oxygen atoms in total. The molecule has 0 radical (unpaired) electrons. The number of para-hydroxylation sites is 1. The number of carboxylic acids is 1. The first-order valence-corrected chi connectivity index (χ1v) is 5.88. The van der Waals surface area contributed by atoms with Crippen LogP contribution in [0.1, 0.15) is 27.6 Å². The Labute approximate surface area is 114 Å². The number of carbonyl (C=O) groups is 2. The fourth-order valence-corrected chi connectivity index (χ4v) is 1.80. The molecule has 0 aromatic heterocycles. The number of nitrogens with one attached hydrogen (secondary N) is 1. The quantitative estimate of drug-likeness (QED) is 0.837. The van der Waals surface area contributed by atoms with Crippen molar-refractivity contribution < 1.29 is 19.1 Å².